The number of aromatic nitrogens is 6. The molecule has 7 rings (SSSR count). The highest BCUT2D eigenvalue weighted by Gasteiger charge is 2.18. The summed E-state index contributed by atoms with van der Waals surface area (Å²) in [5, 5.41) is 7.06. The minimum atomic E-state index is -0.309. The molecule has 0 atom stereocenters. The molecule has 214 valence electrons. The van der Waals surface area contributed by atoms with Gasteiger partial charge in [0.05, 0.1) is 30.7 Å². The molecule has 0 aliphatic heterocycles. The molecule has 10 nitrogen and oxygen atoms in total. The Kier molecular flexibility index (Phi) is 6.63. The Morgan fingerprint density at radius 2 is 1.41 bits per heavy atom. The number of nitrogens with zero attached hydrogens (tertiary/aromatic N) is 6. The van der Waals surface area contributed by atoms with Crippen molar-refractivity contribution in [2.24, 2.45) is 0 Å². The topological polar surface area (TPSA) is 114 Å². The third-order valence-corrected chi connectivity index (χ3v) is 7.48. The van der Waals surface area contributed by atoms with Crippen LogP contribution in [0.1, 0.15) is 0 Å². The number of pyridine rings is 4. The molecule has 0 amide bonds. The Hall–Kier alpha value is -6.16. The standard InChI is InChI=1S/C34H24N6O4/c1-43-29-17-26-27(18-30(29)44-2)33(41)39(23-10-13-35-14-11-23)20-28(26)21-9-15-37-31(16-21)40-34(42)25-8-4-3-7-24(25)32(38-40)22-6-5-12-36-19-22/h3-20H,1-2H3. The molecule has 0 aliphatic rings. The highest BCUT2D eigenvalue weighted by Crippen LogP contribution is 2.36. The number of methoxy groups -OCH3 is 2. The van der Waals surface area contributed by atoms with Gasteiger partial charge in [0.2, 0.25) is 0 Å². The zero-order valence-electron chi connectivity index (χ0n) is 23.7. The predicted octanol–water partition coefficient (Wildman–Crippen LogP) is 5.23. The van der Waals surface area contributed by atoms with Crippen LogP contribution >= 0.6 is 0 Å². The average molecular weight is 581 g/mol. The maximum atomic E-state index is 13.8. The summed E-state index contributed by atoms with van der Waals surface area (Å²) in [5.74, 6) is 1.23. The van der Waals surface area contributed by atoms with Crippen LogP contribution in [0.5, 0.6) is 11.5 Å². The number of rotatable bonds is 6. The number of fused-ring (bicyclic) bond motifs is 2. The van der Waals surface area contributed by atoms with E-state index in [1.807, 2.05) is 36.4 Å². The van der Waals surface area contributed by atoms with Crippen LogP contribution in [0, 0.1) is 0 Å². The van der Waals surface area contributed by atoms with Crippen LogP contribution in [0.3, 0.4) is 0 Å². The molecule has 2 aromatic carbocycles. The monoisotopic (exact) mass is 580 g/mol. The van der Waals surface area contributed by atoms with Crippen molar-refractivity contribution in [3.63, 3.8) is 0 Å². The van der Waals surface area contributed by atoms with E-state index in [1.54, 1.807) is 85.3 Å². The number of hydrogen-bond acceptors (Lipinski definition) is 8. The minimum Gasteiger partial charge on any atom is -0.493 e. The fourth-order valence-electron chi connectivity index (χ4n) is 5.35. The number of benzene rings is 2. The molecular formula is C34H24N6O4. The van der Waals surface area contributed by atoms with E-state index in [0.717, 1.165) is 10.9 Å². The molecule has 7 aromatic rings. The van der Waals surface area contributed by atoms with Gasteiger partial charge in [-0.1, -0.05) is 18.2 Å². The Morgan fingerprint density at radius 3 is 2.14 bits per heavy atom. The van der Waals surface area contributed by atoms with Gasteiger partial charge >= 0.3 is 0 Å². The lowest BCUT2D eigenvalue weighted by atomic mass is 10.00. The third kappa shape index (κ3) is 4.45. The molecule has 0 radical (unpaired) electrons. The summed E-state index contributed by atoms with van der Waals surface area (Å²) in [6.45, 7) is 0. The summed E-state index contributed by atoms with van der Waals surface area (Å²) in [6, 6.07) is 21.6. The Balaban J connectivity index is 1.50. The van der Waals surface area contributed by atoms with Crippen molar-refractivity contribution in [3.8, 4) is 45.4 Å². The van der Waals surface area contributed by atoms with Gasteiger partial charge < -0.3 is 9.47 Å². The predicted molar refractivity (Wildman–Crippen MR) is 168 cm³/mol. The molecule has 5 heterocycles. The van der Waals surface area contributed by atoms with Crippen molar-refractivity contribution in [2.75, 3.05) is 14.2 Å². The van der Waals surface area contributed by atoms with Crippen molar-refractivity contribution in [2.45, 2.75) is 0 Å². The fourth-order valence-corrected chi connectivity index (χ4v) is 5.35. The fraction of sp³-hybridized carbons (Fsp3) is 0.0588. The summed E-state index contributed by atoms with van der Waals surface area (Å²) < 4.78 is 14.0. The van der Waals surface area contributed by atoms with Gasteiger partial charge in [-0.2, -0.15) is 9.78 Å². The smallest absolute Gasteiger partial charge is 0.280 e. The SMILES string of the molecule is COc1cc2c(-c3ccnc(-n4nc(-c5cccnc5)c5ccccc5c4=O)c3)cn(-c3ccncc3)c(=O)c2cc1OC. The summed E-state index contributed by atoms with van der Waals surface area (Å²) >= 11 is 0. The summed E-state index contributed by atoms with van der Waals surface area (Å²) in [6.07, 6.45) is 10.0. The van der Waals surface area contributed by atoms with E-state index in [1.165, 1.54) is 11.8 Å². The molecule has 0 bridgehead atoms. The van der Waals surface area contributed by atoms with Gasteiger partial charge in [-0.3, -0.25) is 24.1 Å². The first-order chi connectivity index (χ1) is 21.6. The molecule has 44 heavy (non-hydrogen) atoms. The molecule has 0 saturated carbocycles. The Labute approximate surface area is 250 Å². The largest absolute Gasteiger partial charge is 0.493 e. The summed E-state index contributed by atoms with van der Waals surface area (Å²) in [7, 11) is 3.07. The molecular weight excluding hydrogens is 556 g/mol. The minimum absolute atomic E-state index is 0.237. The Morgan fingerprint density at radius 1 is 0.659 bits per heavy atom. The summed E-state index contributed by atoms with van der Waals surface area (Å²) in [5.41, 5.74) is 2.89. The molecule has 0 spiro atoms. The van der Waals surface area contributed by atoms with Gasteiger partial charge in [-0.15, -0.1) is 0 Å². The van der Waals surface area contributed by atoms with E-state index in [0.29, 0.717) is 56.0 Å². The quantitative estimate of drug-likeness (QED) is 0.263. The Bertz CT molecular complexity index is 2300. The zero-order chi connectivity index (χ0) is 30.2. The highest BCUT2D eigenvalue weighted by molar-refractivity contribution is 5.98. The van der Waals surface area contributed by atoms with Gasteiger partial charge in [0.1, 0.15) is 5.69 Å². The molecule has 0 saturated heterocycles. The van der Waals surface area contributed by atoms with Crippen LogP contribution in [0.4, 0.5) is 0 Å². The molecule has 10 heteroatoms. The first-order valence-corrected chi connectivity index (χ1v) is 13.7. The first-order valence-electron chi connectivity index (χ1n) is 13.7. The van der Waals surface area contributed by atoms with Crippen LogP contribution in [0.2, 0.25) is 0 Å². The van der Waals surface area contributed by atoms with Gasteiger partial charge in [0.25, 0.3) is 11.1 Å². The molecule has 0 fully saturated rings. The lowest BCUT2D eigenvalue weighted by Gasteiger charge is -2.16. The maximum Gasteiger partial charge on any atom is 0.280 e. The van der Waals surface area contributed by atoms with Crippen LogP contribution in [0.15, 0.2) is 120 Å². The van der Waals surface area contributed by atoms with E-state index in [9.17, 15) is 9.59 Å². The van der Waals surface area contributed by atoms with E-state index in [-0.39, 0.29) is 11.1 Å². The van der Waals surface area contributed by atoms with Gasteiger partial charge in [-0.25, -0.2) is 4.98 Å². The van der Waals surface area contributed by atoms with Crippen molar-refractivity contribution >= 4 is 21.5 Å². The van der Waals surface area contributed by atoms with Crippen LogP contribution in [0.25, 0.3) is 55.4 Å². The van der Waals surface area contributed by atoms with Crippen LogP contribution < -0.4 is 20.6 Å². The van der Waals surface area contributed by atoms with Gasteiger partial charge in [0, 0.05) is 59.1 Å². The lowest BCUT2D eigenvalue weighted by molar-refractivity contribution is 0.356. The van der Waals surface area contributed by atoms with E-state index < -0.39 is 0 Å². The van der Waals surface area contributed by atoms with E-state index in [4.69, 9.17) is 14.6 Å². The number of hydrogen-bond donors (Lipinski definition) is 0. The van der Waals surface area contributed by atoms with Gasteiger partial charge in [0.15, 0.2) is 17.3 Å². The van der Waals surface area contributed by atoms with Crippen molar-refractivity contribution in [3.05, 3.63) is 131 Å². The summed E-state index contributed by atoms with van der Waals surface area (Å²) in [4.78, 5) is 40.4. The first kappa shape index (κ1) is 26.7. The van der Waals surface area contributed by atoms with Crippen LogP contribution in [-0.2, 0) is 0 Å². The van der Waals surface area contributed by atoms with Crippen LogP contribution in [-0.4, -0.2) is 43.5 Å². The normalized spacial score (nSPS) is 11.1. The zero-order valence-corrected chi connectivity index (χ0v) is 23.7. The highest BCUT2D eigenvalue weighted by atomic mass is 16.5. The molecule has 0 unspecified atom stereocenters. The van der Waals surface area contributed by atoms with Gasteiger partial charge in [-0.05, 0) is 60.2 Å². The van der Waals surface area contributed by atoms with Crippen molar-refractivity contribution in [1.82, 2.24) is 29.3 Å². The molecule has 0 N–H and O–H groups in total. The molecule has 5 aromatic heterocycles. The molecule has 0 aliphatic carbocycles. The van der Waals surface area contributed by atoms with Crippen molar-refractivity contribution in [1.29, 1.82) is 0 Å². The van der Waals surface area contributed by atoms with E-state index in [2.05, 4.69) is 15.0 Å². The van der Waals surface area contributed by atoms with Crippen molar-refractivity contribution < 1.29 is 9.47 Å². The second kappa shape index (κ2) is 10.9. The second-order valence-electron chi connectivity index (χ2n) is 9.93. The lowest BCUT2D eigenvalue weighted by Crippen LogP contribution is -2.23. The number of ether oxygens (including phenoxy) is 2. The average Bonchev–Trinajstić information content (AvgIpc) is 3.09. The van der Waals surface area contributed by atoms with E-state index >= 15 is 0 Å². The second-order valence-corrected chi connectivity index (χ2v) is 9.93. The maximum absolute atomic E-state index is 13.8. The third-order valence-electron chi connectivity index (χ3n) is 7.48.